The molecule has 2 N–H and O–H groups in total. The Kier molecular flexibility index (Phi) is 6.01. The van der Waals surface area contributed by atoms with Crippen LogP contribution in [0.2, 0.25) is 0 Å². The lowest BCUT2D eigenvalue weighted by Gasteiger charge is -2.31. The first kappa shape index (κ1) is 17.0. The van der Waals surface area contributed by atoms with Gasteiger partial charge in [-0.2, -0.15) is 0 Å². The van der Waals surface area contributed by atoms with Gasteiger partial charge in [0.25, 0.3) is 5.91 Å². The molecule has 1 aliphatic heterocycles. The SMILES string of the molecule is CCc1cccc(CC)c1NC(=O)C[NH+]1C[C@H](C)C[C@@H](C)C1. The van der Waals surface area contributed by atoms with E-state index in [0.717, 1.165) is 43.5 Å². The molecule has 1 fully saturated rings. The van der Waals surface area contributed by atoms with Gasteiger partial charge in [0.05, 0.1) is 13.1 Å². The lowest BCUT2D eigenvalue weighted by atomic mass is 9.92. The van der Waals surface area contributed by atoms with E-state index in [4.69, 9.17) is 0 Å². The van der Waals surface area contributed by atoms with Crippen LogP contribution in [0.1, 0.15) is 45.2 Å². The van der Waals surface area contributed by atoms with E-state index < -0.39 is 0 Å². The van der Waals surface area contributed by atoms with Gasteiger partial charge >= 0.3 is 0 Å². The van der Waals surface area contributed by atoms with Gasteiger partial charge in [-0.05, 0) is 30.4 Å². The minimum absolute atomic E-state index is 0.159. The lowest BCUT2D eigenvalue weighted by Crippen LogP contribution is -3.15. The van der Waals surface area contributed by atoms with Gasteiger partial charge in [-0.25, -0.2) is 0 Å². The summed E-state index contributed by atoms with van der Waals surface area (Å²) in [4.78, 5) is 13.9. The zero-order valence-electron chi connectivity index (χ0n) is 14.5. The van der Waals surface area contributed by atoms with Crippen LogP contribution in [-0.4, -0.2) is 25.5 Å². The Morgan fingerprint density at radius 2 is 1.68 bits per heavy atom. The highest BCUT2D eigenvalue weighted by atomic mass is 16.2. The number of aryl methyl sites for hydroxylation is 2. The van der Waals surface area contributed by atoms with Crippen LogP contribution in [0.3, 0.4) is 0 Å². The van der Waals surface area contributed by atoms with Crippen molar-refractivity contribution < 1.29 is 9.69 Å². The van der Waals surface area contributed by atoms with Crippen molar-refractivity contribution >= 4 is 11.6 Å². The summed E-state index contributed by atoms with van der Waals surface area (Å²) in [6.45, 7) is 11.7. The van der Waals surface area contributed by atoms with Crippen molar-refractivity contribution in [3.05, 3.63) is 29.3 Å². The molecule has 0 unspecified atom stereocenters. The highest BCUT2D eigenvalue weighted by molar-refractivity contribution is 5.93. The minimum atomic E-state index is 0.159. The Hall–Kier alpha value is -1.35. The van der Waals surface area contributed by atoms with Crippen LogP contribution in [0, 0.1) is 11.8 Å². The second kappa shape index (κ2) is 7.77. The van der Waals surface area contributed by atoms with Crippen LogP contribution in [-0.2, 0) is 17.6 Å². The van der Waals surface area contributed by atoms with Crippen LogP contribution < -0.4 is 10.2 Å². The normalized spacial score (nSPS) is 25.0. The number of rotatable bonds is 5. The Morgan fingerprint density at radius 3 is 2.18 bits per heavy atom. The molecule has 0 radical (unpaired) electrons. The summed E-state index contributed by atoms with van der Waals surface area (Å²) in [5.74, 6) is 1.60. The summed E-state index contributed by atoms with van der Waals surface area (Å²) < 4.78 is 0. The molecule has 2 rings (SSSR count). The molecule has 3 nitrogen and oxygen atoms in total. The van der Waals surface area contributed by atoms with Crippen molar-refractivity contribution in [2.24, 2.45) is 11.8 Å². The van der Waals surface area contributed by atoms with Gasteiger partial charge in [0.1, 0.15) is 0 Å². The predicted octanol–water partition coefficient (Wildman–Crippen LogP) is 2.31. The summed E-state index contributed by atoms with van der Waals surface area (Å²) >= 11 is 0. The third-order valence-electron chi connectivity index (χ3n) is 4.75. The zero-order chi connectivity index (χ0) is 16.1. The Balaban J connectivity index is 2.03. The number of anilines is 1. The predicted molar refractivity (Wildman–Crippen MR) is 92.3 cm³/mol. The molecule has 0 spiro atoms. The molecule has 2 atom stereocenters. The molecule has 0 aliphatic carbocycles. The first-order valence-corrected chi connectivity index (χ1v) is 8.77. The maximum absolute atomic E-state index is 12.5. The standard InChI is InChI=1S/C19H30N2O/c1-5-16-8-7-9-17(6-2)19(16)20-18(22)13-21-11-14(3)10-15(4)12-21/h7-9,14-15H,5-6,10-13H2,1-4H3,(H,20,22)/p+1/t14-,15-/m1/s1. The fourth-order valence-corrected chi connectivity index (χ4v) is 3.88. The van der Waals surface area contributed by atoms with Gasteiger partial charge in [-0.15, -0.1) is 0 Å². The number of para-hydroxylation sites is 1. The minimum Gasteiger partial charge on any atom is -0.327 e. The average Bonchev–Trinajstić information content (AvgIpc) is 2.46. The van der Waals surface area contributed by atoms with E-state index in [1.165, 1.54) is 22.4 Å². The van der Waals surface area contributed by atoms with Crippen LogP contribution in [0.15, 0.2) is 18.2 Å². The van der Waals surface area contributed by atoms with Crippen molar-refractivity contribution in [3.8, 4) is 0 Å². The third kappa shape index (κ3) is 4.33. The number of hydrogen-bond donors (Lipinski definition) is 2. The monoisotopic (exact) mass is 303 g/mol. The van der Waals surface area contributed by atoms with Gasteiger partial charge in [-0.3, -0.25) is 4.79 Å². The fourth-order valence-electron chi connectivity index (χ4n) is 3.88. The number of benzene rings is 1. The second-order valence-corrected chi connectivity index (χ2v) is 6.99. The van der Waals surface area contributed by atoms with Crippen molar-refractivity contribution in [2.45, 2.75) is 47.0 Å². The molecule has 1 aromatic carbocycles. The van der Waals surface area contributed by atoms with Gasteiger partial charge < -0.3 is 10.2 Å². The smallest absolute Gasteiger partial charge is 0.279 e. The maximum Gasteiger partial charge on any atom is 0.279 e. The summed E-state index contributed by atoms with van der Waals surface area (Å²) in [6, 6.07) is 6.33. The number of carbonyl (C=O) groups excluding carboxylic acids is 1. The molecule has 1 aromatic rings. The molecule has 0 aromatic heterocycles. The number of hydrogen-bond acceptors (Lipinski definition) is 1. The first-order valence-electron chi connectivity index (χ1n) is 8.77. The van der Waals surface area contributed by atoms with Crippen molar-refractivity contribution in [3.63, 3.8) is 0 Å². The summed E-state index contributed by atoms with van der Waals surface area (Å²) in [6.07, 6.45) is 3.20. The van der Waals surface area contributed by atoms with Gasteiger partial charge in [0, 0.05) is 17.5 Å². The van der Waals surface area contributed by atoms with E-state index in [-0.39, 0.29) is 5.91 Å². The molecule has 3 heteroatoms. The molecule has 0 bridgehead atoms. The quantitative estimate of drug-likeness (QED) is 0.860. The van der Waals surface area contributed by atoms with Crippen molar-refractivity contribution in [1.82, 2.24) is 0 Å². The Morgan fingerprint density at radius 1 is 1.14 bits per heavy atom. The molecule has 0 saturated carbocycles. The van der Waals surface area contributed by atoms with Crippen LogP contribution >= 0.6 is 0 Å². The van der Waals surface area contributed by atoms with E-state index in [0.29, 0.717) is 6.54 Å². The topological polar surface area (TPSA) is 33.5 Å². The highest BCUT2D eigenvalue weighted by Gasteiger charge is 2.26. The molecule has 1 amide bonds. The number of carbonyl (C=O) groups is 1. The van der Waals surface area contributed by atoms with E-state index >= 15 is 0 Å². The molecule has 1 heterocycles. The third-order valence-corrected chi connectivity index (χ3v) is 4.75. The van der Waals surface area contributed by atoms with Crippen LogP contribution in [0.4, 0.5) is 5.69 Å². The lowest BCUT2D eigenvalue weighted by molar-refractivity contribution is -0.904. The van der Waals surface area contributed by atoms with E-state index in [1.54, 1.807) is 0 Å². The second-order valence-electron chi connectivity index (χ2n) is 6.99. The van der Waals surface area contributed by atoms with Crippen molar-refractivity contribution in [2.75, 3.05) is 25.0 Å². The summed E-state index contributed by atoms with van der Waals surface area (Å²) in [5.41, 5.74) is 3.53. The maximum atomic E-state index is 12.5. The Labute approximate surface area is 135 Å². The molecule has 1 aliphatic rings. The van der Waals surface area contributed by atoms with Crippen LogP contribution in [0.5, 0.6) is 0 Å². The summed E-state index contributed by atoms with van der Waals surface area (Å²) in [7, 11) is 0. The Bertz CT molecular complexity index is 480. The fraction of sp³-hybridized carbons (Fsp3) is 0.632. The number of piperidine rings is 1. The van der Waals surface area contributed by atoms with Gasteiger partial charge in [-0.1, -0.05) is 45.9 Å². The number of quaternary nitrogens is 1. The van der Waals surface area contributed by atoms with E-state index in [9.17, 15) is 4.79 Å². The van der Waals surface area contributed by atoms with Gasteiger partial charge in [0.2, 0.25) is 0 Å². The molecular formula is C19H31N2O+. The van der Waals surface area contributed by atoms with Crippen molar-refractivity contribution in [1.29, 1.82) is 0 Å². The average molecular weight is 303 g/mol. The molecule has 1 saturated heterocycles. The number of nitrogens with one attached hydrogen (secondary N) is 2. The van der Waals surface area contributed by atoms with Crippen LogP contribution in [0.25, 0.3) is 0 Å². The largest absolute Gasteiger partial charge is 0.327 e. The number of amides is 1. The van der Waals surface area contributed by atoms with E-state index in [2.05, 4.69) is 51.2 Å². The summed E-state index contributed by atoms with van der Waals surface area (Å²) in [5, 5.41) is 3.20. The number of likely N-dealkylation sites (tertiary alicyclic amines) is 1. The molecular weight excluding hydrogens is 272 g/mol. The van der Waals surface area contributed by atoms with E-state index in [1.807, 2.05) is 0 Å². The molecule has 22 heavy (non-hydrogen) atoms. The highest BCUT2D eigenvalue weighted by Crippen LogP contribution is 2.22. The molecule has 122 valence electrons. The first-order chi connectivity index (χ1) is 10.5. The zero-order valence-corrected chi connectivity index (χ0v) is 14.5. The van der Waals surface area contributed by atoms with Gasteiger partial charge in [0.15, 0.2) is 6.54 Å².